The van der Waals surface area contributed by atoms with Gasteiger partial charge in [-0.25, -0.2) is 4.39 Å². The van der Waals surface area contributed by atoms with Crippen LogP contribution in [-0.2, 0) is 4.79 Å². The number of benzene rings is 3. The van der Waals surface area contributed by atoms with E-state index in [-0.39, 0.29) is 24.2 Å². The summed E-state index contributed by atoms with van der Waals surface area (Å²) in [5.74, 6) is -0.794. The number of ether oxygens (including phenoxy) is 1. The molecule has 3 rings (SSSR count). The lowest BCUT2D eigenvalue weighted by atomic mass is 10.0. The Hall–Kier alpha value is -4.00. The Morgan fingerprint density at radius 2 is 1.33 bits per heavy atom. The summed E-state index contributed by atoms with van der Waals surface area (Å²) in [4.78, 5) is 35.9. The molecule has 0 unspecified atom stereocenters. The topological polar surface area (TPSA) is 84.5 Å². The van der Waals surface area contributed by atoms with E-state index in [4.69, 9.17) is 4.74 Å². The molecule has 152 valence electrons. The molecule has 0 bridgehead atoms. The lowest BCUT2D eigenvalue weighted by Crippen LogP contribution is -2.20. The largest absolute Gasteiger partial charge is 0.484 e. The van der Waals surface area contributed by atoms with Crippen molar-refractivity contribution in [1.29, 1.82) is 0 Å². The first-order valence-electron chi connectivity index (χ1n) is 9.11. The van der Waals surface area contributed by atoms with Gasteiger partial charge >= 0.3 is 0 Å². The van der Waals surface area contributed by atoms with Gasteiger partial charge in [0.15, 0.2) is 12.4 Å². The summed E-state index contributed by atoms with van der Waals surface area (Å²) in [7, 11) is 1.54. The van der Waals surface area contributed by atoms with E-state index in [1.807, 2.05) is 0 Å². The van der Waals surface area contributed by atoms with Crippen LogP contribution in [-0.4, -0.2) is 31.3 Å². The minimum Gasteiger partial charge on any atom is -0.484 e. The zero-order chi connectivity index (χ0) is 21.5. The molecule has 0 saturated heterocycles. The van der Waals surface area contributed by atoms with E-state index in [0.717, 1.165) is 0 Å². The third-order valence-electron chi connectivity index (χ3n) is 4.25. The second kappa shape index (κ2) is 9.47. The van der Waals surface area contributed by atoms with Gasteiger partial charge in [-0.05, 0) is 72.8 Å². The fourth-order valence-electron chi connectivity index (χ4n) is 2.67. The maximum absolute atomic E-state index is 13.0. The summed E-state index contributed by atoms with van der Waals surface area (Å²) in [6.07, 6.45) is 0. The van der Waals surface area contributed by atoms with Crippen molar-refractivity contribution in [1.82, 2.24) is 5.32 Å². The van der Waals surface area contributed by atoms with E-state index in [9.17, 15) is 18.8 Å². The third kappa shape index (κ3) is 5.29. The molecule has 6 nitrogen and oxygen atoms in total. The van der Waals surface area contributed by atoms with Crippen molar-refractivity contribution in [3.63, 3.8) is 0 Å². The lowest BCUT2D eigenvalue weighted by Gasteiger charge is -2.09. The van der Waals surface area contributed by atoms with Gasteiger partial charge in [-0.2, -0.15) is 0 Å². The SMILES string of the molecule is CNC(=O)c1ccc(NC(=O)COc2ccc(C(=O)c3ccc(F)cc3)cc2)cc1. The molecule has 0 radical (unpaired) electrons. The average molecular weight is 406 g/mol. The van der Waals surface area contributed by atoms with Crippen LogP contribution in [0.3, 0.4) is 0 Å². The van der Waals surface area contributed by atoms with Crippen molar-refractivity contribution in [2.75, 3.05) is 19.0 Å². The number of halogens is 1. The number of rotatable bonds is 7. The molecule has 7 heteroatoms. The van der Waals surface area contributed by atoms with E-state index in [0.29, 0.717) is 28.1 Å². The highest BCUT2D eigenvalue weighted by Gasteiger charge is 2.10. The van der Waals surface area contributed by atoms with Crippen molar-refractivity contribution < 1.29 is 23.5 Å². The standard InChI is InChI=1S/C23H19FN2O4/c1-25-23(29)17-4-10-19(11-5-17)26-21(27)14-30-20-12-6-16(7-13-20)22(28)15-2-8-18(24)9-3-15/h2-13H,14H2,1H3,(H,25,29)(H,26,27). The minimum atomic E-state index is -0.407. The lowest BCUT2D eigenvalue weighted by molar-refractivity contribution is -0.118. The van der Waals surface area contributed by atoms with Gasteiger partial charge in [0.05, 0.1) is 0 Å². The van der Waals surface area contributed by atoms with Crippen LogP contribution in [0, 0.1) is 5.82 Å². The molecule has 0 aromatic heterocycles. The van der Waals surface area contributed by atoms with Gasteiger partial charge in [0, 0.05) is 29.4 Å². The molecule has 2 N–H and O–H groups in total. The van der Waals surface area contributed by atoms with Crippen molar-refractivity contribution in [2.24, 2.45) is 0 Å². The van der Waals surface area contributed by atoms with Gasteiger partial charge in [0.25, 0.3) is 11.8 Å². The molecule has 2 amide bonds. The molecule has 0 aliphatic heterocycles. The van der Waals surface area contributed by atoms with Gasteiger partial charge in [-0.15, -0.1) is 0 Å². The molecule has 0 saturated carbocycles. The molecule has 0 aliphatic carbocycles. The van der Waals surface area contributed by atoms with Crippen LogP contribution in [0.25, 0.3) is 0 Å². The number of anilines is 1. The number of carbonyl (C=O) groups is 3. The summed E-state index contributed by atoms with van der Waals surface area (Å²) < 4.78 is 18.4. The number of hydrogen-bond acceptors (Lipinski definition) is 4. The highest BCUT2D eigenvalue weighted by atomic mass is 19.1. The predicted molar refractivity (Wildman–Crippen MR) is 110 cm³/mol. The molecule has 0 spiro atoms. The van der Waals surface area contributed by atoms with Crippen molar-refractivity contribution >= 4 is 23.3 Å². The second-order valence-electron chi connectivity index (χ2n) is 6.35. The monoisotopic (exact) mass is 406 g/mol. The molecule has 0 heterocycles. The molecule has 0 atom stereocenters. The normalized spacial score (nSPS) is 10.2. The zero-order valence-electron chi connectivity index (χ0n) is 16.1. The van der Waals surface area contributed by atoms with Crippen LogP contribution in [0.5, 0.6) is 5.75 Å². The van der Waals surface area contributed by atoms with Gasteiger partial charge in [0.2, 0.25) is 0 Å². The maximum atomic E-state index is 13.0. The first-order chi connectivity index (χ1) is 14.5. The van der Waals surface area contributed by atoms with E-state index < -0.39 is 5.82 Å². The first kappa shape index (κ1) is 20.7. The van der Waals surface area contributed by atoms with Gasteiger partial charge in [-0.1, -0.05) is 0 Å². The smallest absolute Gasteiger partial charge is 0.262 e. The Labute approximate surface area is 172 Å². The Morgan fingerprint density at radius 1 is 0.800 bits per heavy atom. The summed E-state index contributed by atoms with van der Waals surface area (Å²) in [5.41, 5.74) is 1.83. The van der Waals surface area contributed by atoms with Crippen LogP contribution in [0.4, 0.5) is 10.1 Å². The predicted octanol–water partition coefficient (Wildman–Crippen LogP) is 3.43. The molecule has 0 aliphatic rings. The molecule has 3 aromatic carbocycles. The van der Waals surface area contributed by atoms with Crippen LogP contribution < -0.4 is 15.4 Å². The van der Waals surface area contributed by atoms with E-state index >= 15 is 0 Å². The van der Waals surface area contributed by atoms with Crippen LogP contribution >= 0.6 is 0 Å². The van der Waals surface area contributed by atoms with Crippen molar-refractivity contribution in [3.8, 4) is 5.75 Å². The number of hydrogen-bond donors (Lipinski definition) is 2. The summed E-state index contributed by atoms with van der Waals surface area (Å²) in [5, 5.41) is 5.19. The third-order valence-corrected chi connectivity index (χ3v) is 4.25. The number of nitrogens with one attached hydrogen (secondary N) is 2. The van der Waals surface area contributed by atoms with Crippen LogP contribution in [0.1, 0.15) is 26.3 Å². The fourth-order valence-corrected chi connectivity index (χ4v) is 2.67. The molecule has 3 aromatic rings. The zero-order valence-corrected chi connectivity index (χ0v) is 16.1. The van der Waals surface area contributed by atoms with Gasteiger partial charge in [0.1, 0.15) is 11.6 Å². The van der Waals surface area contributed by atoms with E-state index in [1.165, 1.54) is 24.3 Å². The molecular formula is C23H19FN2O4. The highest BCUT2D eigenvalue weighted by molar-refractivity contribution is 6.09. The minimum absolute atomic E-state index is 0.211. The number of ketones is 1. The van der Waals surface area contributed by atoms with Gasteiger partial charge < -0.3 is 15.4 Å². The maximum Gasteiger partial charge on any atom is 0.262 e. The summed E-state index contributed by atoms with van der Waals surface area (Å²) in [6.45, 7) is -0.220. The summed E-state index contributed by atoms with van der Waals surface area (Å²) >= 11 is 0. The van der Waals surface area contributed by atoms with Crippen LogP contribution in [0.2, 0.25) is 0 Å². The fraction of sp³-hybridized carbons (Fsp3) is 0.0870. The molecule has 30 heavy (non-hydrogen) atoms. The quantitative estimate of drug-likeness (QED) is 0.589. The average Bonchev–Trinajstić information content (AvgIpc) is 2.78. The van der Waals surface area contributed by atoms with E-state index in [2.05, 4.69) is 10.6 Å². The Morgan fingerprint density at radius 3 is 1.90 bits per heavy atom. The summed E-state index contributed by atoms with van der Waals surface area (Å²) in [6, 6.07) is 18.1. The number of carbonyl (C=O) groups excluding carboxylic acids is 3. The Balaban J connectivity index is 1.53. The molecule has 0 fully saturated rings. The Bertz CT molecular complexity index is 1050. The first-order valence-corrected chi connectivity index (χ1v) is 9.11. The highest BCUT2D eigenvalue weighted by Crippen LogP contribution is 2.16. The number of amides is 2. The molecular weight excluding hydrogens is 387 g/mol. The second-order valence-corrected chi connectivity index (χ2v) is 6.35. The van der Waals surface area contributed by atoms with Crippen LogP contribution in [0.15, 0.2) is 72.8 Å². The van der Waals surface area contributed by atoms with Crippen molar-refractivity contribution in [2.45, 2.75) is 0 Å². The Kier molecular flexibility index (Phi) is 6.54. The van der Waals surface area contributed by atoms with Crippen molar-refractivity contribution in [3.05, 3.63) is 95.3 Å². The van der Waals surface area contributed by atoms with E-state index in [1.54, 1.807) is 55.6 Å². The van der Waals surface area contributed by atoms with Gasteiger partial charge in [-0.3, -0.25) is 14.4 Å².